The van der Waals surface area contributed by atoms with E-state index < -0.39 is 0 Å². The molecular formula is C17H18ClFN2. The number of nitrogens with two attached hydrogens (primary N) is 1. The van der Waals surface area contributed by atoms with Crippen molar-refractivity contribution in [2.24, 2.45) is 5.73 Å². The third-order valence-corrected chi connectivity index (χ3v) is 4.35. The van der Waals surface area contributed by atoms with Gasteiger partial charge in [-0.25, -0.2) is 4.39 Å². The van der Waals surface area contributed by atoms with Crippen molar-refractivity contribution < 1.29 is 4.39 Å². The monoisotopic (exact) mass is 304 g/mol. The van der Waals surface area contributed by atoms with Gasteiger partial charge in [-0.1, -0.05) is 35.9 Å². The fourth-order valence-electron chi connectivity index (χ4n) is 2.94. The molecule has 1 aliphatic rings. The molecule has 2 aromatic rings. The van der Waals surface area contributed by atoms with Crippen molar-refractivity contribution in [3.8, 4) is 0 Å². The van der Waals surface area contributed by atoms with Gasteiger partial charge in [0.2, 0.25) is 0 Å². The second kappa shape index (κ2) is 6.14. The van der Waals surface area contributed by atoms with Crippen molar-refractivity contribution in [3.63, 3.8) is 0 Å². The molecule has 2 N–H and O–H groups in total. The zero-order valence-corrected chi connectivity index (χ0v) is 12.5. The maximum absolute atomic E-state index is 13.9. The standard InChI is InChI=1S/C17H18ClFN2/c18-15-5-6-17(19)14(7-15)11-21-10-13-4-2-1-3-12(13)8-16(21)9-20/h1-7,16H,8-11,20H2. The fraction of sp³-hybridized carbons (Fsp3) is 0.294. The third-order valence-electron chi connectivity index (χ3n) is 4.12. The second-order valence-corrected chi connectivity index (χ2v) is 5.94. The third kappa shape index (κ3) is 3.10. The maximum atomic E-state index is 13.9. The van der Waals surface area contributed by atoms with Crippen LogP contribution in [0.15, 0.2) is 42.5 Å². The largest absolute Gasteiger partial charge is 0.329 e. The Morgan fingerprint density at radius 3 is 2.71 bits per heavy atom. The molecule has 0 aliphatic carbocycles. The average Bonchev–Trinajstić information content (AvgIpc) is 2.50. The lowest BCUT2D eigenvalue weighted by Gasteiger charge is -2.36. The number of rotatable bonds is 3. The summed E-state index contributed by atoms with van der Waals surface area (Å²) in [6.07, 6.45) is 0.912. The first-order valence-electron chi connectivity index (χ1n) is 7.12. The van der Waals surface area contributed by atoms with Gasteiger partial charge in [-0.05, 0) is 35.7 Å². The molecule has 110 valence electrons. The highest BCUT2D eigenvalue weighted by atomic mass is 35.5. The van der Waals surface area contributed by atoms with Crippen LogP contribution in [0, 0.1) is 5.82 Å². The normalized spacial score (nSPS) is 18.5. The molecule has 0 bridgehead atoms. The summed E-state index contributed by atoms with van der Waals surface area (Å²) in [5, 5.41) is 0.563. The SMILES string of the molecule is NCC1Cc2ccccc2CN1Cc1cc(Cl)ccc1F. The minimum absolute atomic E-state index is 0.214. The molecule has 4 heteroatoms. The maximum Gasteiger partial charge on any atom is 0.127 e. The molecule has 2 nitrogen and oxygen atoms in total. The minimum Gasteiger partial charge on any atom is -0.329 e. The van der Waals surface area contributed by atoms with E-state index in [0.29, 0.717) is 23.7 Å². The molecule has 0 amide bonds. The van der Waals surface area contributed by atoms with E-state index >= 15 is 0 Å². The number of hydrogen-bond acceptors (Lipinski definition) is 2. The van der Waals surface area contributed by atoms with Gasteiger partial charge in [0.25, 0.3) is 0 Å². The molecule has 0 radical (unpaired) electrons. The molecule has 0 saturated carbocycles. The van der Waals surface area contributed by atoms with Gasteiger partial charge in [0, 0.05) is 36.3 Å². The van der Waals surface area contributed by atoms with Crippen LogP contribution in [-0.4, -0.2) is 17.5 Å². The molecule has 1 atom stereocenters. The molecule has 3 rings (SSSR count). The number of halogens is 2. The highest BCUT2D eigenvalue weighted by Gasteiger charge is 2.25. The van der Waals surface area contributed by atoms with Crippen LogP contribution in [0.5, 0.6) is 0 Å². The lowest BCUT2D eigenvalue weighted by atomic mass is 9.93. The first-order valence-corrected chi connectivity index (χ1v) is 7.50. The van der Waals surface area contributed by atoms with Crippen LogP contribution in [0.25, 0.3) is 0 Å². The molecule has 1 unspecified atom stereocenters. The number of benzene rings is 2. The molecule has 1 aliphatic heterocycles. The Balaban J connectivity index is 1.86. The van der Waals surface area contributed by atoms with Gasteiger partial charge in [0.05, 0.1) is 0 Å². The number of hydrogen-bond donors (Lipinski definition) is 1. The van der Waals surface area contributed by atoms with Gasteiger partial charge >= 0.3 is 0 Å². The summed E-state index contributed by atoms with van der Waals surface area (Å²) in [5.41, 5.74) is 9.18. The smallest absolute Gasteiger partial charge is 0.127 e. The highest BCUT2D eigenvalue weighted by molar-refractivity contribution is 6.30. The number of nitrogens with zero attached hydrogens (tertiary/aromatic N) is 1. The summed E-state index contributed by atoms with van der Waals surface area (Å²) in [4.78, 5) is 2.23. The van der Waals surface area contributed by atoms with Gasteiger partial charge < -0.3 is 5.73 Å². The van der Waals surface area contributed by atoms with E-state index in [4.69, 9.17) is 17.3 Å². The molecule has 0 fully saturated rings. The Hall–Kier alpha value is -1.42. The van der Waals surface area contributed by atoms with E-state index in [-0.39, 0.29) is 11.9 Å². The predicted molar refractivity (Wildman–Crippen MR) is 83.6 cm³/mol. The van der Waals surface area contributed by atoms with Crippen LogP contribution < -0.4 is 5.73 Å². The van der Waals surface area contributed by atoms with Crippen molar-refractivity contribution in [2.45, 2.75) is 25.6 Å². The van der Waals surface area contributed by atoms with Crippen molar-refractivity contribution >= 4 is 11.6 Å². The Morgan fingerprint density at radius 2 is 1.95 bits per heavy atom. The topological polar surface area (TPSA) is 29.3 Å². The molecular weight excluding hydrogens is 287 g/mol. The Bertz CT molecular complexity index is 644. The van der Waals surface area contributed by atoms with Crippen molar-refractivity contribution in [2.75, 3.05) is 6.54 Å². The lowest BCUT2D eigenvalue weighted by molar-refractivity contribution is 0.165. The average molecular weight is 305 g/mol. The Morgan fingerprint density at radius 1 is 1.19 bits per heavy atom. The van der Waals surface area contributed by atoms with Gasteiger partial charge in [0.1, 0.15) is 5.82 Å². The van der Waals surface area contributed by atoms with Crippen LogP contribution in [0.1, 0.15) is 16.7 Å². The second-order valence-electron chi connectivity index (χ2n) is 5.50. The lowest BCUT2D eigenvalue weighted by Crippen LogP contribution is -2.44. The summed E-state index contributed by atoms with van der Waals surface area (Å²) in [5.74, 6) is -0.214. The summed E-state index contributed by atoms with van der Waals surface area (Å²) in [7, 11) is 0. The Kier molecular flexibility index (Phi) is 4.24. The van der Waals surface area contributed by atoms with Crippen molar-refractivity contribution in [1.29, 1.82) is 0 Å². The fourth-order valence-corrected chi connectivity index (χ4v) is 3.14. The van der Waals surface area contributed by atoms with Crippen molar-refractivity contribution in [1.82, 2.24) is 4.90 Å². The molecule has 0 spiro atoms. The highest BCUT2D eigenvalue weighted by Crippen LogP contribution is 2.26. The Labute approximate surface area is 129 Å². The summed E-state index contributed by atoms with van der Waals surface area (Å²) >= 11 is 5.98. The molecule has 21 heavy (non-hydrogen) atoms. The van der Waals surface area contributed by atoms with Gasteiger partial charge in [-0.15, -0.1) is 0 Å². The first kappa shape index (κ1) is 14.5. The van der Waals surface area contributed by atoms with E-state index in [9.17, 15) is 4.39 Å². The molecule has 1 heterocycles. The van der Waals surface area contributed by atoms with Crippen LogP contribution in [0.4, 0.5) is 4.39 Å². The first-order chi connectivity index (χ1) is 10.2. The molecule has 0 saturated heterocycles. The zero-order chi connectivity index (χ0) is 14.8. The van der Waals surface area contributed by atoms with Gasteiger partial charge in [-0.2, -0.15) is 0 Å². The molecule has 2 aromatic carbocycles. The van der Waals surface area contributed by atoms with Crippen LogP contribution in [-0.2, 0) is 19.5 Å². The van der Waals surface area contributed by atoms with Gasteiger partial charge in [0.15, 0.2) is 0 Å². The quantitative estimate of drug-likeness (QED) is 0.942. The van der Waals surface area contributed by atoms with Crippen molar-refractivity contribution in [3.05, 3.63) is 70.0 Å². The van der Waals surface area contributed by atoms with E-state index in [1.54, 1.807) is 12.1 Å². The van der Waals surface area contributed by atoms with Gasteiger partial charge in [-0.3, -0.25) is 4.90 Å². The van der Waals surface area contributed by atoms with E-state index in [1.165, 1.54) is 17.2 Å². The van der Waals surface area contributed by atoms with E-state index in [0.717, 1.165) is 13.0 Å². The molecule has 0 aromatic heterocycles. The minimum atomic E-state index is -0.214. The summed E-state index contributed by atoms with van der Waals surface area (Å²) in [6, 6.07) is 13.3. The summed E-state index contributed by atoms with van der Waals surface area (Å²) < 4.78 is 13.9. The van der Waals surface area contributed by atoms with E-state index in [1.807, 2.05) is 6.07 Å². The van der Waals surface area contributed by atoms with E-state index in [2.05, 4.69) is 23.1 Å². The predicted octanol–water partition coefficient (Wildman–Crippen LogP) is 3.36. The van der Waals surface area contributed by atoms with Crippen LogP contribution in [0.3, 0.4) is 0 Å². The number of fused-ring (bicyclic) bond motifs is 1. The summed E-state index contributed by atoms with van der Waals surface area (Å²) in [6.45, 7) is 1.89. The van der Waals surface area contributed by atoms with Crippen LogP contribution >= 0.6 is 11.6 Å². The zero-order valence-electron chi connectivity index (χ0n) is 11.7. The van der Waals surface area contributed by atoms with Crippen LogP contribution in [0.2, 0.25) is 5.02 Å².